The number of carbonyl (C=O) groups excluding carboxylic acids is 8. The molecule has 0 radical (unpaired) electrons. The molecule has 12 N–H and O–H groups in total. The first-order chi connectivity index (χ1) is 51.6. The standard InChI is InChI=1S/C76H126N10O19S/c1-3-4-5-6-7-8-9-10-11-12-13-14-15-16-17-18-21-33-71(92)86(56-60-34-35-64(87)65(54-60)98-2)41-26-19-20-31-67(88)78-39-44-101-50-52-104-57-69(90)79-40-45-102-51-53-105-58-70(91)82-61(29-24-25-36-77)74(95)80-37-27-42-99-46-48-103-49-47-100-43-28-38-81-75(96)62(55-72(93)94)83-68(89)32-23-22-30-66-73-63(59-106-66)84-76(97)85-73/h7-8,10-11,13-14,16-17,34-35,54,61-63,66,73,87H,3-6,9,12,15,18-33,36-53,55-59,77H2,1-2H3,(H,78,88)(H,79,90)(H,80,95)(H,81,96)(H,82,91)(H,83,89)(H,93,94)(H2,84,85,97)/b8-7-,11-10-,14-13-,17-16-/t61-,62-,63-,66-,73-/m0/s1. The number of amides is 9. The number of nitrogens with two attached hydrogens (primary N) is 1. The maximum atomic E-state index is 13.5. The summed E-state index contributed by atoms with van der Waals surface area (Å²) < 4.78 is 43.9. The molecule has 1 aromatic carbocycles. The van der Waals surface area contributed by atoms with Gasteiger partial charge < -0.3 is 101 Å². The number of benzene rings is 1. The van der Waals surface area contributed by atoms with Gasteiger partial charge in [-0.3, -0.25) is 38.4 Å². The molecule has 5 atom stereocenters. The van der Waals surface area contributed by atoms with Crippen molar-refractivity contribution < 1.29 is 91.3 Å². The summed E-state index contributed by atoms with van der Waals surface area (Å²) in [5.41, 5.74) is 6.52. The number of rotatable bonds is 68. The number of aliphatic carboxylic acids is 1. The monoisotopic (exact) mass is 1510 g/mol. The Labute approximate surface area is 632 Å². The second kappa shape index (κ2) is 62.8. The Balaban J connectivity index is 1.12. The summed E-state index contributed by atoms with van der Waals surface area (Å²) in [6.07, 6.45) is 34.2. The molecule has 1 aromatic rings. The normalized spacial score (nSPS) is 15.3. The number of phenolic OH excluding ortho intramolecular Hbond substituents is 1. The molecule has 2 saturated heterocycles. The van der Waals surface area contributed by atoms with Crippen LogP contribution in [-0.2, 0) is 78.1 Å². The number of fused-ring (bicyclic) bond motifs is 1. The maximum absolute atomic E-state index is 13.5. The highest BCUT2D eigenvalue weighted by Crippen LogP contribution is 2.33. The zero-order valence-corrected chi connectivity index (χ0v) is 63.8. The lowest BCUT2D eigenvalue weighted by Gasteiger charge is -2.23. The van der Waals surface area contributed by atoms with Crippen LogP contribution in [0.1, 0.15) is 167 Å². The minimum absolute atomic E-state index is 0.0371. The van der Waals surface area contributed by atoms with Gasteiger partial charge in [0.1, 0.15) is 25.3 Å². The second-order valence-electron chi connectivity index (χ2n) is 25.8. The molecule has 29 nitrogen and oxygen atoms in total. The van der Waals surface area contributed by atoms with Gasteiger partial charge in [-0.05, 0) is 127 Å². The van der Waals surface area contributed by atoms with E-state index in [1.54, 1.807) is 30.0 Å². The lowest BCUT2D eigenvalue weighted by atomic mass is 10.0. The van der Waals surface area contributed by atoms with Crippen molar-refractivity contribution in [1.29, 1.82) is 0 Å². The van der Waals surface area contributed by atoms with Crippen LogP contribution in [0.5, 0.6) is 11.5 Å². The first-order valence-electron chi connectivity index (χ1n) is 38.2. The Bertz CT molecular complexity index is 2750. The number of carbonyl (C=O) groups is 9. The van der Waals surface area contributed by atoms with Crippen molar-refractivity contribution in [2.75, 3.05) is 145 Å². The number of hydrogen-bond donors (Lipinski definition) is 11. The predicted molar refractivity (Wildman–Crippen MR) is 407 cm³/mol. The number of hydrogen-bond acceptors (Lipinski definition) is 20. The molecular weight excluding hydrogens is 1390 g/mol. The molecule has 2 fully saturated rings. The van der Waals surface area contributed by atoms with Crippen molar-refractivity contribution in [2.45, 2.75) is 197 Å². The lowest BCUT2D eigenvalue weighted by Crippen LogP contribution is -2.48. The molecule has 0 aliphatic carbocycles. The molecule has 30 heteroatoms. The number of ether oxygens (including phenoxy) is 8. The van der Waals surface area contributed by atoms with Gasteiger partial charge in [0, 0.05) is 82.7 Å². The molecule has 2 aliphatic rings. The van der Waals surface area contributed by atoms with Crippen LogP contribution in [0.25, 0.3) is 0 Å². The van der Waals surface area contributed by atoms with Crippen molar-refractivity contribution in [1.82, 2.24) is 47.4 Å². The number of thioether (sulfide) groups is 1. The number of carboxylic acids is 1. The zero-order valence-electron chi connectivity index (χ0n) is 63.0. The van der Waals surface area contributed by atoms with Crippen LogP contribution < -0.4 is 53.0 Å². The third-order valence-electron chi connectivity index (χ3n) is 16.9. The van der Waals surface area contributed by atoms with E-state index in [-0.39, 0.29) is 125 Å². The Morgan fingerprint density at radius 2 is 1.13 bits per heavy atom. The highest BCUT2D eigenvalue weighted by Gasteiger charge is 2.42. The molecule has 0 bridgehead atoms. The fourth-order valence-corrected chi connectivity index (χ4v) is 12.6. The van der Waals surface area contributed by atoms with E-state index in [9.17, 15) is 53.4 Å². The van der Waals surface area contributed by atoms with Crippen LogP contribution in [0.2, 0.25) is 0 Å². The topological polar surface area (TPSA) is 393 Å². The van der Waals surface area contributed by atoms with E-state index in [0.717, 1.165) is 75.5 Å². The summed E-state index contributed by atoms with van der Waals surface area (Å²) in [6, 6.07) is 3.20. The number of nitrogens with zero attached hydrogens (tertiary/aromatic N) is 1. The Kier molecular flexibility index (Phi) is 55.2. The fraction of sp³-hybridized carbons (Fsp3) is 0.697. The molecular formula is C76H126N10O19S. The van der Waals surface area contributed by atoms with E-state index in [1.165, 1.54) is 26.4 Å². The van der Waals surface area contributed by atoms with Gasteiger partial charge in [0.25, 0.3) is 0 Å². The number of nitrogens with one attached hydrogen (secondary N) is 8. The highest BCUT2D eigenvalue weighted by molar-refractivity contribution is 8.00. The van der Waals surface area contributed by atoms with Gasteiger partial charge in [-0.25, -0.2) is 4.79 Å². The minimum Gasteiger partial charge on any atom is -0.504 e. The summed E-state index contributed by atoms with van der Waals surface area (Å²) in [6.45, 7) is 7.38. The molecule has 2 aliphatic heterocycles. The van der Waals surface area contributed by atoms with Gasteiger partial charge in [-0.15, -0.1) is 0 Å². The zero-order chi connectivity index (χ0) is 76.7. The number of aromatic hydroxyl groups is 1. The Morgan fingerprint density at radius 3 is 1.75 bits per heavy atom. The van der Waals surface area contributed by atoms with Crippen LogP contribution >= 0.6 is 11.8 Å². The molecule has 106 heavy (non-hydrogen) atoms. The van der Waals surface area contributed by atoms with Crippen LogP contribution in [0.3, 0.4) is 0 Å². The molecule has 600 valence electrons. The van der Waals surface area contributed by atoms with Crippen molar-refractivity contribution in [2.24, 2.45) is 5.73 Å². The maximum Gasteiger partial charge on any atom is 0.315 e. The van der Waals surface area contributed by atoms with E-state index in [1.807, 2.05) is 4.90 Å². The third-order valence-corrected chi connectivity index (χ3v) is 18.4. The lowest BCUT2D eigenvalue weighted by molar-refractivity contribution is -0.140. The summed E-state index contributed by atoms with van der Waals surface area (Å²) in [5, 5.41) is 41.9. The van der Waals surface area contributed by atoms with Gasteiger partial charge >= 0.3 is 12.0 Å². The smallest absolute Gasteiger partial charge is 0.315 e. The molecule has 2 heterocycles. The molecule has 9 amide bonds. The van der Waals surface area contributed by atoms with Gasteiger partial charge in [0.2, 0.25) is 41.4 Å². The summed E-state index contributed by atoms with van der Waals surface area (Å²) in [5.74, 6) is -2.10. The SMILES string of the molecule is CCCCC/C=C\C/C=C\C/C=C\C/C=C\CCCC(=O)N(CCCCCC(=O)NCCOCCOCC(=O)NCCOCCOCC(=O)N[C@@H](CCCCN)C(=O)NCCCOCCOCCOCCCNC(=O)[C@H](CC(=O)O)NC(=O)CCCC[C@@H]1SC[C@@H]2NC(=O)N[C@@H]21)Cc1ccc(O)c(OC)c1. The predicted octanol–water partition coefficient (Wildman–Crippen LogP) is 6.10. The van der Waals surface area contributed by atoms with Gasteiger partial charge in [-0.2, -0.15) is 11.8 Å². The summed E-state index contributed by atoms with van der Waals surface area (Å²) in [7, 11) is 1.49. The number of allylic oxidation sites excluding steroid dienone is 8. The van der Waals surface area contributed by atoms with E-state index >= 15 is 0 Å². The second-order valence-corrected chi connectivity index (χ2v) is 27.0. The van der Waals surface area contributed by atoms with Crippen molar-refractivity contribution >= 4 is 65.1 Å². The Hall–Kier alpha value is -7.16. The quantitative estimate of drug-likeness (QED) is 0.0199. The number of urea groups is 1. The van der Waals surface area contributed by atoms with Crippen molar-refractivity contribution in [3.8, 4) is 11.5 Å². The molecule has 0 saturated carbocycles. The first kappa shape index (κ1) is 93.0. The third kappa shape index (κ3) is 48.2. The van der Waals surface area contributed by atoms with Crippen LogP contribution in [0.4, 0.5) is 4.79 Å². The van der Waals surface area contributed by atoms with E-state index in [4.69, 9.17) is 43.6 Å². The van der Waals surface area contributed by atoms with Crippen molar-refractivity contribution in [3.05, 3.63) is 72.4 Å². The average molecular weight is 1520 g/mol. The number of methoxy groups -OCH3 is 1. The summed E-state index contributed by atoms with van der Waals surface area (Å²) in [4.78, 5) is 114. The van der Waals surface area contributed by atoms with Crippen LogP contribution in [0.15, 0.2) is 66.8 Å². The Morgan fingerprint density at radius 1 is 0.575 bits per heavy atom. The number of carboxylic acid groups (broad SMARTS) is 1. The molecule has 0 aromatic heterocycles. The average Bonchev–Trinajstić information content (AvgIpc) is 1.67. The number of unbranched alkanes of at least 4 members (excludes halogenated alkanes) is 8. The van der Waals surface area contributed by atoms with E-state index in [0.29, 0.717) is 136 Å². The van der Waals surface area contributed by atoms with E-state index < -0.39 is 42.2 Å². The van der Waals surface area contributed by atoms with Crippen molar-refractivity contribution in [3.63, 3.8) is 0 Å². The summed E-state index contributed by atoms with van der Waals surface area (Å²) >= 11 is 1.80. The van der Waals surface area contributed by atoms with Crippen LogP contribution in [-0.4, -0.2) is 243 Å². The van der Waals surface area contributed by atoms with Gasteiger partial charge in [0.05, 0.1) is 91.7 Å². The highest BCUT2D eigenvalue weighted by atomic mass is 32.2. The van der Waals surface area contributed by atoms with Crippen LogP contribution in [0, 0.1) is 0 Å². The molecule has 0 spiro atoms. The first-order valence-corrected chi connectivity index (χ1v) is 39.2. The largest absolute Gasteiger partial charge is 0.504 e. The fourth-order valence-electron chi connectivity index (χ4n) is 11.1. The van der Waals surface area contributed by atoms with Gasteiger partial charge in [-0.1, -0.05) is 87.3 Å². The van der Waals surface area contributed by atoms with E-state index in [2.05, 4.69) is 98.1 Å². The number of phenols is 1. The molecule has 0 unspecified atom stereocenters. The molecule has 3 rings (SSSR count). The minimum atomic E-state index is -1.21. The van der Waals surface area contributed by atoms with Gasteiger partial charge in [0.15, 0.2) is 11.5 Å².